The summed E-state index contributed by atoms with van der Waals surface area (Å²) in [5.41, 5.74) is 3.43. The van der Waals surface area contributed by atoms with Gasteiger partial charge < -0.3 is 5.32 Å². The van der Waals surface area contributed by atoms with Crippen LogP contribution >= 0.6 is 0 Å². The van der Waals surface area contributed by atoms with Gasteiger partial charge in [-0.15, -0.1) is 0 Å². The van der Waals surface area contributed by atoms with Crippen LogP contribution in [0.4, 0.5) is 0 Å². The average molecular weight is 342 g/mol. The maximum atomic E-state index is 12.2. The lowest BCUT2D eigenvalue weighted by Crippen LogP contribution is -2.37. The molecule has 24 heavy (non-hydrogen) atoms. The molecule has 0 bridgehead atoms. The molecule has 1 atom stereocenters. The Morgan fingerprint density at radius 2 is 1.83 bits per heavy atom. The van der Waals surface area contributed by atoms with Crippen molar-refractivity contribution in [3.63, 3.8) is 0 Å². The molecule has 5 heteroatoms. The molecule has 0 fully saturated rings. The minimum Gasteiger partial charge on any atom is -0.351 e. The van der Waals surface area contributed by atoms with E-state index in [1.165, 1.54) is 11.1 Å². The number of nitrogens with one attached hydrogen (secondary N) is 1. The predicted molar refractivity (Wildman–Crippen MR) is 96.5 cm³/mol. The number of carbonyl (C=O) groups is 1. The number of carbonyl (C=O) groups excluding carboxylic acids is 1. The summed E-state index contributed by atoms with van der Waals surface area (Å²) in [6.45, 7) is 3.45. The molecular formula is C19H22N2O2S. The zero-order valence-corrected chi connectivity index (χ0v) is 14.6. The van der Waals surface area contributed by atoms with Gasteiger partial charge in [0.1, 0.15) is 0 Å². The minimum absolute atomic E-state index is 0.0826. The highest BCUT2D eigenvalue weighted by molar-refractivity contribution is 7.84. The first-order valence-electron chi connectivity index (χ1n) is 8.14. The molecule has 0 spiro atoms. The molecule has 0 saturated heterocycles. The summed E-state index contributed by atoms with van der Waals surface area (Å²) in [6.07, 6.45) is 2.70. The van der Waals surface area contributed by atoms with Gasteiger partial charge in [-0.3, -0.25) is 13.9 Å². The molecule has 1 aliphatic rings. The third-order valence-electron chi connectivity index (χ3n) is 4.37. The average Bonchev–Trinajstić information content (AvgIpc) is 2.61. The van der Waals surface area contributed by atoms with E-state index in [9.17, 15) is 9.00 Å². The van der Waals surface area contributed by atoms with Gasteiger partial charge in [0.25, 0.3) is 5.91 Å². The van der Waals surface area contributed by atoms with Crippen molar-refractivity contribution in [2.75, 3.05) is 25.9 Å². The Hall–Kier alpha value is -1.98. The van der Waals surface area contributed by atoms with Crippen molar-refractivity contribution in [1.29, 1.82) is 0 Å². The minimum atomic E-state index is -1.02. The van der Waals surface area contributed by atoms with E-state index in [-0.39, 0.29) is 5.91 Å². The van der Waals surface area contributed by atoms with Gasteiger partial charge in [-0.1, -0.05) is 24.3 Å². The quantitative estimate of drug-likeness (QED) is 0.906. The van der Waals surface area contributed by atoms with E-state index in [1.807, 2.05) is 0 Å². The summed E-state index contributed by atoms with van der Waals surface area (Å²) in [7, 11) is -1.02. The molecule has 0 saturated carbocycles. The number of amides is 1. The first kappa shape index (κ1) is 16.9. The zero-order chi connectivity index (χ0) is 16.9. The van der Waals surface area contributed by atoms with E-state index in [1.54, 1.807) is 30.5 Å². The summed E-state index contributed by atoms with van der Waals surface area (Å²) in [4.78, 5) is 15.3. The molecule has 3 rings (SSSR count). The van der Waals surface area contributed by atoms with E-state index in [4.69, 9.17) is 0 Å². The van der Waals surface area contributed by atoms with Crippen LogP contribution in [-0.4, -0.2) is 40.9 Å². The molecule has 0 aromatic heterocycles. The van der Waals surface area contributed by atoms with E-state index in [0.717, 1.165) is 31.0 Å². The lowest BCUT2D eigenvalue weighted by atomic mass is 10.00. The Balaban J connectivity index is 1.48. The van der Waals surface area contributed by atoms with E-state index in [2.05, 4.69) is 34.5 Å². The SMILES string of the molecule is C[S@@](=O)c1ccc(C(=O)NCCN2CCc3ccccc3C2)cc1. The topological polar surface area (TPSA) is 49.4 Å². The van der Waals surface area contributed by atoms with Gasteiger partial charge >= 0.3 is 0 Å². The number of nitrogens with zero attached hydrogens (tertiary/aromatic N) is 1. The first-order valence-corrected chi connectivity index (χ1v) is 9.70. The van der Waals surface area contributed by atoms with Gasteiger partial charge in [-0.05, 0) is 41.8 Å². The van der Waals surface area contributed by atoms with Crippen LogP contribution in [0.1, 0.15) is 21.5 Å². The number of hydrogen-bond acceptors (Lipinski definition) is 3. The van der Waals surface area contributed by atoms with Crippen LogP contribution in [0.25, 0.3) is 0 Å². The monoisotopic (exact) mass is 342 g/mol. The van der Waals surface area contributed by atoms with Crippen molar-refractivity contribution in [3.05, 3.63) is 65.2 Å². The van der Waals surface area contributed by atoms with Crippen LogP contribution in [0.2, 0.25) is 0 Å². The zero-order valence-electron chi connectivity index (χ0n) is 13.8. The van der Waals surface area contributed by atoms with Crippen molar-refractivity contribution in [2.45, 2.75) is 17.9 Å². The number of rotatable bonds is 5. The van der Waals surface area contributed by atoms with Crippen molar-refractivity contribution in [3.8, 4) is 0 Å². The summed E-state index contributed by atoms with van der Waals surface area (Å²) in [5.74, 6) is -0.0826. The standard InChI is InChI=1S/C19H22N2O2S/c1-24(23)18-8-6-16(7-9-18)19(22)20-11-13-21-12-10-15-4-2-3-5-17(15)14-21/h2-9H,10-14H2,1H3,(H,20,22)/t24-/m1/s1. The van der Waals surface area contributed by atoms with E-state index < -0.39 is 10.8 Å². The molecular weight excluding hydrogens is 320 g/mol. The van der Waals surface area contributed by atoms with E-state index >= 15 is 0 Å². The van der Waals surface area contributed by atoms with Gasteiger partial charge in [0.2, 0.25) is 0 Å². The lowest BCUT2D eigenvalue weighted by Gasteiger charge is -2.28. The lowest BCUT2D eigenvalue weighted by molar-refractivity contribution is 0.0947. The Bertz CT molecular complexity index is 743. The largest absolute Gasteiger partial charge is 0.351 e. The van der Waals surface area contributed by atoms with Gasteiger partial charge in [-0.2, -0.15) is 0 Å². The molecule has 0 aliphatic carbocycles. The van der Waals surface area contributed by atoms with Crippen LogP contribution in [0.3, 0.4) is 0 Å². The normalized spacial score (nSPS) is 15.5. The second-order valence-corrected chi connectivity index (χ2v) is 7.41. The molecule has 0 unspecified atom stereocenters. The third kappa shape index (κ3) is 4.10. The number of fused-ring (bicyclic) bond motifs is 1. The third-order valence-corrected chi connectivity index (χ3v) is 5.31. The Kier molecular flexibility index (Phi) is 5.43. The summed E-state index contributed by atoms with van der Waals surface area (Å²) >= 11 is 0. The second-order valence-electron chi connectivity index (χ2n) is 6.03. The predicted octanol–water partition coefficient (Wildman–Crippen LogP) is 2.21. The molecule has 2 aromatic carbocycles. The molecule has 1 amide bonds. The molecule has 1 heterocycles. The van der Waals surface area contributed by atoms with Gasteiger partial charge in [0, 0.05) is 53.7 Å². The highest BCUT2D eigenvalue weighted by Crippen LogP contribution is 2.17. The van der Waals surface area contributed by atoms with Crippen LogP contribution in [0, 0.1) is 0 Å². The fourth-order valence-corrected chi connectivity index (χ4v) is 3.49. The van der Waals surface area contributed by atoms with Gasteiger partial charge in [0.15, 0.2) is 0 Å². The molecule has 126 valence electrons. The Labute approximate surface area is 145 Å². The highest BCUT2D eigenvalue weighted by atomic mass is 32.2. The molecule has 2 aromatic rings. The maximum Gasteiger partial charge on any atom is 0.251 e. The molecule has 1 N–H and O–H groups in total. The number of benzene rings is 2. The summed E-state index contributed by atoms with van der Waals surface area (Å²) in [5, 5.41) is 2.96. The second kappa shape index (κ2) is 7.73. The van der Waals surface area contributed by atoms with Crippen LogP contribution in [0.15, 0.2) is 53.4 Å². The maximum absolute atomic E-state index is 12.2. The molecule has 0 radical (unpaired) electrons. The van der Waals surface area contributed by atoms with Crippen LogP contribution in [-0.2, 0) is 23.8 Å². The number of hydrogen-bond donors (Lipinski definition) is 1. The highest BCUT2D eigenvalue weighted by Gasteiger charge is 2.15. The van der Waals surface area contributed by atoms with Crippen LogP contribution < -0.4 is 5.32 Å². The van der Waals surface area contributed by atoms with Crippen molar-refractivity contribution < 1.29 is 9.00 Å². The smallest absolute Gasteiger partial charge is 0.251 e. The van der Waals surface area contributed by atoms with Crippen LogP contribution in [0.5, 0.6) is 0 Å². The Morgan fingerprint density at radius 3 is 2.54 bits per heavy atom. The first-order chi connectivity index (χ1) is 11.6. The van der Waals surface area contributed by atoms with Crippen molar-refractivity contribution in [1.82, 2.24) is 10.2 Å². The van der Waals surface area contributed by atoms with E-state index in [0.29, 0.717) is 12.1 Å². The molecule has 4 nitrogen and oxygen atoms in total. The van der Waals surface area contributed by atoms with Crippen molar-refractivity contribution in [2.24, 2.45) is 0 Å². The Morgan fingerprint density at radius 1 is 1.12 bits per heavy atom. The van der Waals surface area contributed by atoms with Crippen molar-refractivity contribution >= 4 is 16.7 Å². The molecule has 1 aliphatic heterocycles. The summed E-state index contributed by atoms with van der Waals surface area (Å²) in [6, 6.07) is 15.5. The fourth-order valence-electron chi connectivity index (χ4n) is 2.97. The summed E-state index contributed by atoms with van der Waals surface area (Å²) < 4.78 is 11.4. The van der Waals surface area contributed by atoms with Gasteiger partial charge in [-0.25, -0.2) is 0 Å². The van der Waals surface area contributed by atoms with Gasteiger partial charge in [0.05, 0.1) is 0 Å². The fraction of sp³-hybridized carbons (Fsp3) is 0.316.